The molecule has 0 aromatic heterocycles. The first-order chi connectivity index (χ1) is 6.65. The molecule has 0 spiro atoms. The van der Waals surface area contributed by atoms with Crippen LogP contribution in [0.3, 0.4) is 0 Å². The van der Waals surface area contributed by atoms with Crippen molar-refractivity contribution in [3.05, 3.63) is 11.9 Å². The van der Waals surface area contributed by atoms with Crippen LogP contribution in [0.1, 0.15) is 27.2 Å². The molecule has 0 unspecified atom stereocenters. The molecule has 3 heteroatoms. The highest BCUT2D eigenvalue weighted by Gasteiger charge is 2.04. The van der Waals surface area contributed by atoms with Crippen LogP contribution in [0, 0.1) is 0 Å². The van der Waals surface area contributed by atoms with Crippen LogP contribution in [0.4, 0.5) is 0 Å². The zero-order valence-corrected chi connectivity index (χ0v) is 10.1. The lowest BCUT2D eigenvalue weighted by atomic mass is 10.4. The van der Waals surface area contributed by atoms with Crippen LogP contribution in [-0.2, 0) is 0 Å². The minimum atomic E-state index is 0.886. The van der Waals surface area contributed by atoms with E-state index in [9.17, 15) is 0 Å². The lowest BCUT2D eigenvalue weighted by Gasteiger charge is -2.26. The highest BCUT2D eigenvalue weighted by molar-refractivity contribution is 4.93. The summed E-state index contributed by atoms with van der Waals surface area (Å²) in [5, 5.41) is 0. The SMILES string of the molecule is C/C=C(\N)N(CC)CCN(C)CCC. The lowest BCUT2D eigenvalue weighted by Crippen LogP contribution is -2.35. The first kappa shape index (κ1) is 13.3. The highest BCUT2D eigenvalue weighted by Crippen LogP contribution is 1.97. The van der Waals surface area contributed by atoms with Gasteiger partial charge in [-0.25, -0.2) is 0 Å². The smallest absolute Gasteiger partial charge is 0.0942 e. The monoisotopic (exact) mass is 199 g/mol. The molecule has 0 aliphatic rings. The van der Waals surface area contributed by atoms with Crippen LogP contribution >= 0.6 is 0 Å². The topological polar surface area (TPSA) is 32.5 Å². The van der Waals surface area contributed by atoms with Crippen molar-refractivity contribution in [2.45, 2.75) is 27.2 Å². The largest absolute Gasteiger partial charge is 0.386 e. The maximum absolute atomic E-state index is 5.86. The van der Waals surface area contributed by atoms with Gasteiger partial charge in [-0.1, -0.05) is 6.92 Å². The molecule has 3 nitrogen and oxygen atoms in total. The molecule has 0 aliphatic heterocycles. The van der Waals surface area contributed by atoms with E-state index in [1.807, 2.05) is 13.0 Å². The van der Waals surface area contributed by atoms with Crippen molar-refractivity contribution >= 4 is 0 Å². The predicted octanol–water partition coefficient (Wildman–Crippen LogP) is 1.47. The van der Waals surface area contributed by atoms with Crippen molar-refractivity contribution < 1.29 is 0 Å². The molecule has 0 heterocycles. The highest BCUT2D eigenvalue weighted by atomic mass is 15.2. The molecule has 14 heavy (non-hydrogen) atoms. The van der Waals surface area contributed by atoms with Crippen LogP contribution < -0.4 is 5.73 Å². The van der Waals surface area contributed by atoms with Crippen molar-refractivity contribution in [1.29, 1.82) is 0 Å². The fraction of sp³-hybridized carbons (Fsp3) is 0.818. The van der Waals surface area contributed by atoms with Crippen LogP contribution in [0.2, 0.25) is 0 Å². The van der Waals surface area contributed by atoms with E-state index in [-0.39, 0.29) is 0 Å². The summed E-state index contributed by atoms with van der Waals surface area (Å²) in [6, 6.07) is 0. The first-order valence-electron chi connectivity index (χ1n) is 5.50. The summed E-state index contributed by atoms with van der Waals surface area (Å²) in [6.45, 7) is 10.6. The molecule has 0 amide bonds. The second-order valence-corrected chi connectivity index (χ2v) is 3.60. The molecule has 0 aliphatic carbocycles. The molecule has 0 aromatic rings. The van der Waals surface area contributed by atoms with Crippen LogP contribution in [0.25, 0.3) is 0 Å². The Balaban J connectivity index is 3.84. The first-order valence-corrected chi connectivity index (χ1v) is 5.50. The molecule has 0 aromatic carbocycles. The third-order valence-corrected chi connectivity index (χ3v) is 2.40. The fourth-order valence-corrected chi connectivity index (χ4v) is 1.44. The summed E-state index contributed by atoms with van der Waals surface area (Å²) in [5.74, 6) is 0.886. The second kappa shape index (κ2) is 7.68. The molecule has 0 rings (SSSR count). The molecule has 0 fully saturated rings. The van der Waals surface area contributed by atoms with Gasteiger partial charge in [0.05, 0.1) is 5.82 Å². The number of nitrogens with zero attached hydrogens (tertiary/aromatic N) is 2. The Hall–Kier alpha value is -0.700. The zero-order valence-electron chi connectivity index (χ0n) is 10.1. The molecule has 0 radical (unpaired) electrons. The van der Waals surface area contributed by atoms with E-state index in [1.54, 1.807) is 0 Å². The number of rotatable bonds is 7. The van der Waals surface area contributed by atoms with Gasteiger partial charge in [0.1, 0.15) is 0 Å². The average Bonchev–Trinajstić information content (AvgIpc) is 2.18. The Morgan fingerprint density at radius 3 is 2.29 bits per heavy atom. The minimum absolute atomic E-state index is 0.886. The predicted molar refractivity (Wildman–Crippen MR) is 63.0 cm³/mol. The number of nitrogens with two attached hydrogens (primary N) is 1. The molecule has 0 saturated heterocycles. The molecule has 0 bridgehead atoms. The van der Waals surface area contributed by atoms with Gasteiger partial charge in [-0.15, -0.1) is 0 Å². The van der Waals surface area contributed by atoms with Crippen molar-refractivity contribution in [1.82, 2.24) is 9.80 Å². The molecule has 0 atom stereocenters. The summed E-state index contributed by atoms with van der Waals surface area (Å²) >= 11 is 0. The van der Waals surface area contributed by atoms with Gasteiger partial charge < -0.3 is 15.5 Å². The molecule has 2 N–H and O–H groups in total. The normalized spacial score (nSPS) is 12.2. The molecule has 0 saturated carbocycles. The van der Waals surface area contributed by atoms with Gasteiger partial charge in [-0.05, 0) is 39.9 Å². The zero-order chi connectivity index (χ0) is 11.0. The Bertz CT molecular complexity index is 166. The molecular weight excluding hydrogens is 174 g/mol. The lowest BCUT2D eigenvalue weighted by molar-refractivity contribution is 0.267. The number of hydrogen-bond donors (Lipinski definition) is 1. The standard InChI is InChI=1S/C11H25N3/c1-5-8-13(4)9-10-14(7-3)11(12)6-2/h6H,5,7-10,12H2,1-4H3/b11-6+. The summed E-state index contributed by atoms with van der Waals surface area (Å²) in [5.41, 5.74) is 5.86. The van der Waals surface area contributed by atoms with Gasteiger partial charge in [0, 0.05) is 19.6 Å². The summed E-state index contributed by atoms with van der Waals surface area (Å²) in [7, 11) is 2.16. The van der Waals surface area contributed by atoms with Crippen molar-refractivity contribution in [2.75, 3.05) is 33.2 Å². The van der Waals surface area contributed by atoms with E-state index < -0.39 is 0 Å². The van der Waals surface area contributed by atoms with Gasteiger partial charge in [-0.3, -0.25) is 0 Å². The van der Waals surface area contributed by atoms with E-state index in [2.05, 4.69) is 30.7 Å². The van der Waals surface area contributed by atoms with Crippen LogP contribution in [0.5, 0.6) is 0 Å². The quantitative estimate of drug-likeness (QED) is 0.674. The summed E-state index contributed by atoms with van der Waals surface area (Å²) in [4.78, 5) is 4.54. The molecule has 84 valence electrons. The third-order valence-electron chi connectivity index (χ3n) is 2.40. The van der Waals surface area contributed by atoms with Gasteiger partial charge in [0.15, 0.2) is 0 Å². The van der Waals surface area contributed by atoms with Crippen molar-refractivity contribution in [3.8, 4) is 0 Å². The Labute approximate surface area is 88.6 Å². The van der Waals surface area contributed by atoms with E-state index >= 15 is 0 Å². The number of allylic oxidation sites excluding steroid dienone is 1. The number of hydrogen-bond acceptors (Lipinski definition) is 3. The Morgan fingerprint density at radius 1 is 1.21 bits per heavy atom. The minimum Gasteiger partial charge on any atom is -0.386 e. The molecular formula is C11H25N3. The second-order valence-electron chi connectivity index (χ2n) is 3.60. The van der Waals surface area contributed by atoms with Crippen LogP contribution in [0.15, 0.2) is 11.9 Å². The van der Waals surface area contributed by atoms with Gasteiger partial charge >= 0.3 is 0 Å². The maximum Gasteiger partial charge on any atom is 0.0942 e. The third kappa shape index (κ3) is 5.12. The van der Waals surface area contributed by atoms with Gasteiger partial charge in [-0.2, -0.15) is 0 Å². The average molecular weight is 199 g/mol. The van der Waals surface area contributed by atoms with Crippen molar-refractivity contribution in [3.63, 3.8) is 0 Å². The van der Waals surface area contributed by atoms with E-state index in [4.69, 9.17) is 5.73 Å². The summed E-state index contributed by atoms with van der Waals surface area (Å²) < 4.78 is 0. The Kier molecular flexibility index (Phi) is 7.30. The maximum atomic E-state index is 5.86. The summed E-state index contributed by atoms with van der Waals surface area (Å²) in [6.07, 6.45) is 3.17. The van der Waals surface area contributed by atoms with Crippen LogP contribution in [-0.4, -0.2) is 43.0 Å². The fourth-order valence-electron chi connectivity index (χ4n) is 1.44. The van der Waals surface area contributed by atoms with Gasteiger partial charge in [0.25, 0.3) is 0 Å². The van der Waals surface area contributed by atoms with E-state index in [0.717, 1.165) is 32.0 Å². The number of likely N-dealkylation sites (N-methyl/N-ethyl adjacent to an activating group) is 2. The van der Waals surface area contributed by atoms with E-state index in [0.29, 0.717) is 0 Å². The Morgan fingerprint density at radius 2 is 1.86 bits per heavy atom. The van der Waals surface area contributed by atoms with Gasteiger partial charge in [0.2, 0.25) is 0 Å². The van der Waals surface area contributed by atoms with E-state index in [1.165, 1.54) is 6.42 Å². The van der Waals surface area contributed by atoms with Crippen molar-refractivity contribution in [2.24, 2.45) is 5.73 Å².